The Balaban J connectivity index is 1.39. The number of anilines is 1. The van der Waals surface area contributed by atoms with Gasteiger partial charge in [0.15, 0.2) is 0 Å². The second-order valence-electron chi connectivity index (χ2n) is 9.43. The van der Waals surface area contributed by atoms with Crippen LogP contribution in [0.2, 0.25) is 0 Å². The van der Waals surface area contributed by atoms with Gasteiger partial charge >= 0.3 is 5.69 Å². The van der Waals surface area contributed by atoms with Gasteiger partial charge in [-0.25, -0.2) is 0 Å². The maximum atomic E-state index is 12.9. The van der Waals surface area contributed by atoms with Crippen LogP contribution in [-0.4, -0.2) is 47.7 Å². The number of hydrogen-bond acceptors (Lipinski definition) is 6. The summed E-state index contributed by atoms with van der Waals surface area (Å²) in [5.74, 6) is -0.352. The summed E-state index contributed by atoms with van der Waals surface area (Å²) in [5.41, 5.74) is 2.35. The Morgan fingerprint density at radius 2 is 1.54 bits per heavy atom. The predicted molar refractivity (Wildman–Crippen MR) is 144 cm³/mol. The first-order chi connectivity index (χ1) is 17.9. The highest BCUT2D eigenvalue weighted by atomic mass is 16.6. The molecule has 4 rings (SSSR count). The molecule has 0 radical (unpaired) electrons. The van der Waals surface area contributed by atoms with Crippen molar-refractivity contribution in [1.29, 1.82) is 0 Å². The van der Waals surface area contributed by atoms with Gasteiger partial charge in [-0.05, 0) is 62.0 Å². The minimum absolute atomic E-state index is 0.00999. The largest absolute Gasteiger partial charge is 0.372 e. The molecule has 3 aromatic carbocycles. The third-order valence-corrected chi connectivity index (χ3v) is 6.79. The number of Topliss-reactive ketones (excluding diaryl/α,β-unsaturated/α-hetero) is 1. The van der Waals surface area contributed by atoms with Crippen LogP contribution in [0.5, 0.6) is 0 Å². The summed E-state index contributed by atoms with van der Waals surface area (Å²) >= 11 is 0. The Morgan fingerprint density at radius 1 is 0.946 bits per heavy atom. The molecule has 1 amide bonds. The molecule has 8 nitrogen and oxygen atoms in total. The van der Waals surface area contributed by atoms with Gasteiger partial charge in [-0.15, -0.1) is 0 Å². The maximum absolute atomic E-state index is 12.9. The molecule has 0 unspecified atom stereocenters. The van der Waals surface area contributed by atoms with E-state index in [1.54, 1.807) is 6.07 Å². The van der Waals surface area contributed by atoms with Crippen molar-refractivity contribution >= 4 is 23.1 Å². The van der Waals surface area contributed by atoms with E-state index in [0.717, 1.165) is 25.9 Å². The highest BCUT2D eigenvalue weighted by Crippen LogP contribution is 2.32. The number of nitrogens with zero attached hydrogens (tertiary/aromatic N) is 2. The van der Waals surface area contributed by atoms with E-state index < -0.39 is 10.8 Å². The van der Waals surface area contributed by atoms with Gasteiger partial charge < -0.3 is 10.6 Å². The number of ketones is 1. The second-order valence-corrected chi connectivity index (χ2v) is 9.43. The molecule has 1 heterocycles. The van der Waals surface area contributed by atoms with E-state index in [-0.39, 0.29) is 41.2 Å². The molecule has 192 valence electrons. The maximum Gasteiger partial charge on any atom is 0.305 e. The van der Waals surface area contributed by atoms with E-state index in [9.17, 15) is 19.7 Å². The molecule has 3 aromatic rings. The van der Waals surface area contributed by atoms with Gasteiger partial charge in [0.25, 0.3) is 5.91 Å². The summed E-state index contributed by atoms with van der Waals surface area (Å²) in [5, 5.41) is 17.4. The zero-order chi connectivity index (χ0) is 26.2. The fourth-order valence-corrected chi connectivity index (χ4v) is 4.92. The molecule has 0 bridgehead atoms. The highest BCUT2D eigenvalue weighted by molar-refractivity contribution is 6.00. The molecule has 0 aliphatic carbocycles. The van der Waals surface area contributed by atoms with Gasteiger partial charge in [0, 0.05) is 6.54 Å². The smallest absolute Gasteiger partial charge is 0.305 e. The summed E-state index contributed by atoms with van der Waals surface area (Å²) in [6.07, 6.45) is 1.83. The number of piperidine rings is 1. The van der Waals surface area contributed by atoms with Crippen LogP contribution in [0.25, 0.3) is 0 Å². The molecule has 1 aliphatic heterocycles. The van der Waals surface area contributed by atoms with Gasteiger partial charge in [0.05, 0.1) is 17.5 Å². The van der Waals surface area contributed by atoms with Crippen LogP contribution in [0, 0.1) is 16.0 Å². The monoisotopic (exact) mass is 500 g/mol. The van der Waals surface area contributed by atoms with Crippen molar-refractivity contribution in [3.05, 3.63) is 106 Å². The molecule has 8 heteroatoms. The molecular weight excluding hydrogens is 468 g/mol. The third-order valence-electron chi connectivity index (χ3n) is 6.79. The van der Waals surface area contributed by atoms with Gasteiger partial charge in [0.2, 0.25) is 0 Å². The van der Waals surface area contributed by atoms with Gasteiger partial charge in [-0.1, -0.05) is 66.7 Å². The van der Waals surface area contributed by atoms with Crippen molar-refractivity contribution in [2.45, 2.75) is 25.8 Å². The molecule has 1 aliphatic rings. The summed E-state index contributed by atoms with van der Waals surface area (Å²) in [7, 11) is 0. The summed E-state index contributed by atoms with van der Waals surface area (Å²) in [4.78, 5) is 37.9. The van der Waals surface area contributed by atoms with Crippen LogP contribution >= 0.6 is 0 Å². The summed E-state index contributed by atoms with van der Waals surface area (Å²) < 4.78 is 0. The second kappa shape index (κ2) is 12.3. The lowest BCUT2D eigenvalue weighted by atomic mass is 9.91. The van der Waals surface area contributed by atoms with Gasteiger partial charge in [-0.3, -0.25) is 24.6 Å². The average molecular weight is 501 g/mol. The summed E-state index contributed by atoms with van der Waals surface area (Å²) in [6.45, 7) is 3.58. The third kappa shape index (κ3) is 6.59. The zero-order valence-corrected chi connectivity index (χ0v) is 20.9. The number of amides is 1. The number of para-hydroxylation sites is 1. The van der Waals surface area contributed by atoms with Crippen molar-refractivity contribution in [3.8, 4) is 0 Å². The quantitative estimate of drug-likeness (QED) is 0.305. The first kappa shape index (κ1) is 26.0. The van der Waals surface area contributed by atoms with Gasteiger partial charge in [-0.2, -0.15) is 0 Å². The van der Waals surface area contributed by atoms with Crippen molar-refractivity contribution in [1.82, 2.24) is 10.2 Å². The minimum Gasteiger partial charge on any atom is -0.372 e. The van der Waals surface area contributed by atoms with Gasteiger partial charge in [0.1, 0.15) is 17.0 Å². The standard InChI is InChI=1S/C29H32N4O4/c1-21(34)19-30-26-14-8-13-25(28(26)33(36)37)29(35)31-20-22-15-17-32(18-16-22)27(23-9-4-2-5-10-23)24-11-6-3-7-12-24/h2-14,22,27,30H,15-20H2,1H3,(H,31,35). The molecule has 1 fully saturated rings. The predicted octanol–water partition coefficient (Wildman–Crippen LogP) is 4.83. The van der Waals surface area contributed by atoms with E-state index in [1.807, 2.05) is 12.1 Å². The van der Waals surface area contributed by atoms with E-state index in [0.29, 0.717) is 6.54 Å². The van der Waals surface area contributed by atoms with Crippen LogP contribution in [0.1, 0.15) is 47.3 Å². The number of nitro benzene ring substituents is 1. The van der Waals surface area contributed by atoms with Crippen LogP contribution in [-0.2, 0) is 4.79 Å². The number of carbonyl (C=O) groups excluding carboxylic acids is 2. The number of nitrogens with one attached hydrogen (secondary N) is 2. The number of hydrogen-bond donors (Lipinski definition) is 2. The average Bonchev–Trinajstić information content (AvgIpc) is 2.92. The molecule has 37 heavy (non-hydrogen) atoms. The molecule has 2 N–H and O–H groups in total. The van der Waals surface area contributed by atoms with Crippen LogP contribution < -0.4 is 10.6 Å². The lowest BCUT2D eigenvalue weighted by Gasteiger charge is -2.38. The Hall–Kier alpha value is -4.04. The van der Waals surface area contributed by atoms with E-state index in [1.165, 1.54) is 30.2 Å². The van der Waals surface area contributed by atoms with Crippen LogP contribution in [0.4, 0.5) is 11.4 Å². The molecule has 0 spiro atoms. The first-order valence-electron chi connectivity index (χ1n) is 12.6. The number of nitro groups is 1. The normalized spacial score (nSPS) is 14.3. The summed E-state index contributed by atoms with van der Waals surface area (Å²) in [6, 6.07) is 25.7. The lowest BCUT2D eigenvalue weighted by molar-refractivity contribution is -0.384. The van der Waals surface area contributed by atoms with E-state index in [4.69, 9.17) is 0 Å². The molecule has 0 aromatic heterocycles. The number of benzene rings is 3. The van der Waals surface area contributed by atoms with Crippen molar-refractivity contribution in [3.63, 3.8) is 0 Å². The lowest BCUT2D eigenvalue weighted by Crippen LogP contribution is -2.40. The molecule has 0 saturated carbocycles. The first-order valence-corrected chi connectivity index (χ1v) is 12.6. The van der Waals surface area contributed by atoms with E-state index in [2.05, 4.69) is 64.1 Å². The Morgan fingerprint density at radius 3 is 2.08 bits per heavy atom. The fourth-order valence-electron chi connectivity index (χ4n) is 4.92. The Kier molecular flexibility index (Phi) is 8.64. The SMILES string of the molecule is CC(=O)CNc1cccc(C(=O)NCC2CCN(C(c3ccccc3)c3ccccc3)CC2)c1[N+](=O)[O-]. The number of likely N-dealkylation sites (tertiary alicyclic amines) is 1. The van der Waals surface area contributed by atoms with Crippen molar-refractivity contribution < 1.29 is 14.5 Å². The topological polar surface area (TPSA) is 105 Å². The number of rotatable bonds is 10. The molecule has 0 atom stereocenters. The zero-order valence-electron chi connectivity index (χ0n) is 20.9. The Labute approximate surface area is 216 Å². The van der Waals surface area contributed by atoms with E-state index >= 15 is 0 Å². The number of carbonyl (C=O) groups is 2. The molecular formula is C29H32N4O4. The Bertz CT molecular complexity index is 1190. The van der Waals surface area contributed by atoms with Crippen molar-refractivity contribution in [2.24, 2.45) is 5.92 Å². The highest BCUT2D eigenvalue weighted by Gasteiger charge is 2.29. The van der Waals surface area contributed by atoms with Crippen molar-refractivity contribution in [2.75, 3.05) is 31.5 Å². The van der Waals surface area contributed by atoms with Crippen LogP contribution in [0.3, 0.4) is 0 Å². The van der Waals surface area contributed by atoms with Crippen LogP contribution in [0.15, 0.2) is 78.9 Å². The molecule has 1 saturated heterocycles. The fraction of sp³-hybridized carbons (Fsp3) is 0.310. The minimum atomic E-state index is -0.580.